The second-order valence-corrected chi connectivity index (χ2v) is 5.74. The van der Waals surface area contributed by atoms with Crippen LogP contribution >= 0.6 is 12.2 Å². The van der Waals surface area contributed by atoms with Crippen LogP contribution in [0.15, 0.2) is 18.2 Å². The number of nitrogens with two attached hydrogens (primary N) is 1. The zero-order valence-electron chi connectivity index (χ0n) is 12.9. The summed E-state index contributed by atoms with van der Waals surface area (Å²) in [5, 5.41) is 0. The van der Waals surface area contributed by atoms with Gasteiger partial charge in [-0.25, -0.2) is 4.39 Å². The fraction of sp³-hybridized carbons (Fsp3) is 0.588. The van der Waals surface area contributed by atoms with E-state index in [1.165, 1.54) is 44.6 Å². The Morgan fingerprint density at radius 3 is 2.33 bits per heavy atom. The number of thiocarbonyl (C=S) groups is 1. The molecule has 0 aromatic heterocycles. The first-order chi connectivity index (χ1) is 10.2. The van der Waals surface area contributed by atoms with Crippen molar-refractivity contribution in [2.45, 2.75) is 58.3 Å². The van der Waals surface area contributed by atoms with E-state index in [1.807, 2.05) is 0 Å². The Hall–Kier alpha value is -1.16. The molecule has 0 unspecified atom stereocenters. The van der Waals surface area contributed by atoms with Gasteiger partial charge in [0.1, 0.15) is 16.6 Å². The van der Waals surface area contributed by atoms with Gasteiger partial charge >= 0.3 is 0 Å². The van der Waals surface area contributed by atoms with Crippen LogP contribution in [-0.2, 0) is 0 Å². The summed E-state index contributed by atoms with van der Waals surface area (Å²) in [5.74, 6) is 0.0290. The first-order valence-corrected chi connectivity index (χ1v) is 8.28. The molecule has 2 N–H and O–H groups in total. The van der Waals surface area contributed by atoms with Gasteiger partial charge in [0.25, 0.3) is 0 Å². The Morgan fingerprint density at radius 1 is 1.10 bits per heavy atom. The summed E-state index contributed by atoms with van der Waals surface area (Å²) >= 11 is 4.87. The largest absolute Gasteiger partial charge is 0.493 e. The average molecular weight is 311 g/mol. The molecule has 0 fully saturated rings. The van der Waals surface area contributed by atoms with Crippen molar-refractivity contribution < 1.29 is 9.13 Å². The highest BCUT2D eigenvalue weighted by Crippen LogP contribution is 2.21. The molecule has 0 amide bonds. The van der Waals surface area contributed by atoms with Gasteiger partial charge in [-0.05, 0) is 18.6 Å². The van der Waals surface area contributed by atoms with Crippen LogP contribution in [0.1, 0.15) is 63.9 Å². The summed E-state index contributed by atoms with van der Waals surface area (Å²) in [7, 11) is 0. The second kappa shape index (κ2) is 10.6. The summed E-state index contributed by atoms with van der Waals surface area (Å²) < 4.78 is 19.2. The average Bonchev–Trinajstić information content (AvgIpc) is 2.45. The van der Waals surface area contributed by atoms with Gasteiger partial charge in [-0.3, -0.25) is 0 Å². The summed E-state index contributed by atoms with van der Waals surface area (Å²) in [6, 6.07) is 4.67. The van der Waals surface area contributed by atoms with Gasteiger partial charge in [-0.2, -0.15) is 0 Å². The standard InChI is InChI=1S/C17H26FNOS/c1-2-3-4-5-6-7-8-9-13-20-15-12-10-11-14(18)16(15)17(19)21/h10-12H,2-9,13H2,1H3,(H2,19,21). The van der Waals surface area contributed by atoms with E-state index in [1.54, 1.807) is 12.1 Å². The lowest BCUT2D eigenvalue weighted by Gasteiger charge is -2.11. The van der Waals surface area contributed by atoms with Crippen LogP contribution in [0.3, 0.4) is 0 Å². The van der Waals surface area contributed by atoms with Crippen molar-refractivity contribution >= 4 is 17.2 Å². The van der Waals surface area contributed by atoms with E-state index in [0.717, 1.165) is 12.8 Å². The molecule has 1 rings (SSSR count). The van der Waals surface area contributed by atoms with Gasteiger partial charge in [-0.15, -0.1) is 0 Å². The lowest BCUT2D eigenvalue weighted by atomic mass is 10.1. The first-order valence-electron chi connectivity index (χ1n) is 7.88. The molecule has 0 saturated carbocycles. The maximum absolute atomic E-state index is 13.6. The molecule has 1 aromatic rings. The molecule has 2 nitrogen and oxygen atoms in total. The van der Waals surface area contributed by atoms with Crippen LogP contribution in [0.25, 0.3) is 0 Å². The number of hydrogen-bond donors (Lipinski definition) is 1. The smallest absolute Gasteiger partial charge is 0.137 e. The molecule has 118 valence electrons. The van der Waals surface area contributed by atoms with E-state index in [2.05, 4.69) is 6.92 Å². The van der Waals surface area contributed by atoms with E-state index in [-0.39, 0.29) is 10.6 Å². The summed E-state index contributed by atoms with van der Waals surface area (Å²) in [4.78, 5) is 0.0408. The van der Waals surface area contributed by atoms with Crippen molar-refractivity contribution in [2.75, 3.05) is 6.61 Å². The second-order valence-electron chi connectivity index (χ2n) is 5.30. The molecule has 4 heteroatoms. The molecule has 0 spiro atoms. The van der Waals surface area contributed by atoms with Gasteiger partial charge in [0, 0.05) is 0 Å². The molecular formula is C17H26FNOS. The maximum Gasteiger partial charge on any atom is 0.137 e. The zero-order chi connectivity index (χ0) is 15.5. The quantitative estimate of drug-likeness (QED) is 0.462. The number of unbranched alkanes of at least 4 members (excludes halogenated alkanes) is 7. The summed E-state index contributed by atoms with van der Waals surface area (Å²) in [6.45, 7) is 2.80. The molecule has 1 aromatic carbocycles. The van der Waals surface area contributed by atoms with Gasteiger partial charge in [0.2, 0.25) is 0 Å². The lowest BCUT2D eigenvalue weighted by molar-refractivity contribution is 0.302. The van der Waals surface area contributed by atoms with Crippen LogP contribution < -0.4 is 10.5 Å². The molecule has 0 radical (unpaired) electrons. The van der Waals surface area contributed by atoms with Crippen molar-refractivity contribution in [3.05, 3.63) is 29.6 Å². The van der Waals surface area contributed by atoms with Crippen molar-refractivity contribution in [2.24, 2.45) is 5.73 Å². The normalized spacial score (nSPS) is 10.6. The number of ether oxygens (including phenoxy) is 1. The SMILES string of the molecule is CCCCCCCCCCOc1cccc(F)c1C(N)=S. The van der Waals surface area contributed by atoms with Crippen molar-refractivity contribution in [1.29, 1.82) is 0 Å². The molecule has 0 aliphatic heterocycles. The third-order valence-electron chi connectivity index (χ3n) is 3.48. The van der Waals surface area contributed by atoms with Crippen LogP contribution in [0, 0.1) is 5.82 Å². The molecule has 0 saturated heterocycles. The van der Waals surface area contributed by atoms with Gasteiger partial charge in [-0.1, -0.05) is 70.2 Å². The Kier molecular flexibility index (Phi) is 8.99. The number of halogens is 1. The predicted molar refractivity (Wildman–Crippen MR) is 90.4 cm³/mol. The molecule has 0 heterocycles. The van der Waals surface area contributed by atoms with Crippen LogP contribution in [0.2, 0.25) is 0 Å². The summed E-state index contributed by atoms with van der Waals surface area (Å²) in [5.41, 5.74) is 5.75. The van der Waals surface area contributed by atoms with Crippen LogP contribution in [0.4, 0.5) is 4.39 Å². The minimum absolute atomic E-state index is 0.0408. The fourth-order valence-corrected chi connectivity index (χ4v) is 2.48. The third-order valence-corrected chi connectivity index (χ3v) is 3.68. The minimum Gasteiger partial charge on any atom is -0.493 e. The van der Waals surface area contributed by atoms with Crippen molar-refractivity contribution in [3.8, 4) is 5.75 Å². The van der Waals surface area contributed by atoms with Crippen LogP contribution in [0.5, 0.6) is 5.75 Å². The molecular weight excluding hydrogens is 285 g/mol. The van der Waals surface area contributed by atoms with Gasteiger partial charge in [0.15, 0.2) is 0 Å². The predicted octanol–water partition coefficient (Wildman–Crippen LogP) is 4.98. The molecule has 0 atom stereocenters. The van der Waals surface area contributed by atoms with Gasteiger partial charge in [0.05, 0.1) is 12.2 Å². The highest BCUT2D eigenvalue weighted by atomic mass is 32.1. The van der Waals surface area contributed by atoms with E-state index < -0.39 is 5.82 Å². The van der Waals surface area contributed by atoms with E-state index in [9.17, 15) is 4.39 Å². The zero-order valence-corrected chi connectivity index (χ0v) is 13.7. The van der Waals surface area contributed by atoms with Crippen molar-refractivity contribution in [3.63, 3.8) is 0 Å². The fourth-order valence-electron chi connectivity index (χ4n) is 2.28. The lowest BCUT2D eigenvalue weighted by Crippen LogP contribution is -2.14. The Balaban J connectivity index is 2.21. The Bertz CT molecular complexity index is 437. The number of benzene rings is 1. The van der Waals surface area contributed by atoms with E-state index >= 15 is 0 Å². The molecule has 21 heavy (non-hydrogen) atoms. The van der Waals surface area contributed by atoms with Gasteiger partial charge < -0.3 is 10.5 Å². The number of rotatable bonds is 11. The molecule has 0 aliphatic rings. The third kappa shape index (κ3) is 6.89. The minimum atomic E-state index is -0.420. The highest BCUT2D eigenvalue weighted by Gasteiger charge is 2.11. The summed E-state index contributed by atoms with van der Waals surface area (Å²) in [6.07, 6.45) is 9.93. The maximum atomic E-state index is 13.6. The molecule has 0 bridgehead atoms. The van der Waals surface area contributed by atoms with Crippen molar-refractivity contribution in [1.82, 2.24) is 0 Å². The monoisotopic (exact) mass is 311 g/mol. The van der Waals surface area contributed by atoms with Crippen LogP contribution in [-0.4, -0.2) is 11.6 Å². The molecule has 0 aliphatic carbocycles. The van der Waals surface area contributed by atoms with E-state index in [4.69, 9.17) is 22.7 Å². The highest BCUT2D eigenvalue weighted by molar-refractivity contribution is 7.80. The topological polar surface area (TPSA) is 35.2 Å². The van der Waals surface area contributed by atoms with E-state index in [0.29, 0.717) is 12.4 Å². The Labute approximate surface area is 132 Å². The first kappa shape index (κ1) is 17.9. The number of hydrogen-bond acceptors (Lipinski definition) is 2. The Morgan fingerprint density at radius 2 is 1.71 bits per heavy atom.